The van der Waals surface area contributed by atoms with Crippen LogP contribution < -0.4 is 5.73 Å². The van der Waals surface area contributed by atoms with Gasteiger partial charge >= 0.3 is 0 Å². The standard InChI is InChI=1S/C11H16N2O/c1-8-4-6-9(7-5-8)10(12)11(14)13(2)3/h4-7,10H,12H2,1-3H3/t10-/m1/s1. The van der Waals surface area contributed by atoms with Crippen molar-refractivity contribution in [3.05, 3.63) is 35.4 Å². The summed E-state index contributed by atoms with van der Waals surface area (Å²) < 4.78 is 0. The third-order valence-corrected chi connectivity index (χ3v) is 2.14. The number of rotatable bonds is 2. The molecule has 0 heterocycles. The molecule has 14 heavy (non-hydrogen) atoms. The fraction of sp³-hybridized carbons (Fsp3) is 0.364. The van der Waals surface area contributed by atoms with E-state index in [0.29, 0.717) is 0 Å². The van der Waals surface area contributed by atoms with Crippen molar-refractivity contribution in [1.82, 2.24) is 4.90 Å². The monoisotopic (exact) mass is 192 g/mol. The van der Waals surface area contributed by atoms with Gasteiger partial charge in [0.15, 0.2) is 0 Å². The smallest absolute Gasteiger partial charge is 0.243 e. The van der Waals surface area contributed by atoms with Crippen molar-refractivity contribution in [1.29, 1.82) is 0 Å². The van der Waals surface area contributed by atoms with Gasteiger partial charge in [0, 0.05) is 14.1 Å². The van der Waals surface area contributed by atoms with Gasteiger partial charge in [-0.3, -0.25) is 4.79 Å². The van der Waals surface area contributed by atoms with Crippen LogP contribution in [0.2, 0.25) is 0 Å². The molecule has 76 valence electrons. The van der Waals surface area contributed by atoms with Crippen LogP contribution in [0.4, 0.5) is 0 Å². The van der Waals surface area contributed by atoms with E-state index in [0.717, 1.165) is 5.56 Å². The molecule has 0 saturated carbocycles. The first-order chi connectivity index (χ1) is 6.52. The number of nitrogens with zero attached hydrogens (tertiary/aromatic N) is 1. The topological polar surface area (TPSA) is 46.3 Å². The molecule has 1 aromatic carbocycles. The van der Waals surface area contributed by atoms with Crippen molar-refractivity contribution >= 4 is 5.91 Å². The van der Waals surface area contributed by atoms with E-state index in [2.05, 4.69) is 0 Å². The van der Waals surface area contributed by atoms with Crippen molar-refractivity contribution in [3.8, 4) is 0 Å². The second-order valence-electron chi connectivity index (χ2n) is 3.62. The highest BCUT2D eigenvalue weighted by Gasteiger charge is 2.16. The van der Waals surface area contributed by atoms with E-state index in [9.17, 15) is 4.79 Å². The number of nitrogens with two attached hydrogens (primary N) is 1. The third-order valence-electron chi connectivity index (χ3n) is 2.14. The lowest BCUT2D eigenvalue weighted by Crippen LogP contribution is -2.33. The molecule has 0 aliphatic rings. The highest BCUT2D eigenvalue weighted by Crippen LogP contribution is 2.12. The Kier molecular flexibility index (Phi) is 3.25. The van der Waals surface area contributed by atoms with Gasteiger partial charge in [0.1, 0.15) is 6.04 Å². The molecule has 2 N–H and O–H groups in total. The summed E-state index contributed by atoms with van der Waals surface area (Å²) in [6, 6.07) is 7.14. The van der Waals surface area contributed by atoms with Gasteiger partial charge in [0.2, 0.25) is 5.91 Å². The molecular weight excluding hydrogens is 176 g/mol. The molecule has 0 fully saturated rings. The molecule has 3 heteroatoms. The van der Waals surface area contributed by atoms with Gasteiger partial charge in [-0.25, -0.2) is 0 Å². The van der Waals surface area contributed by atoms with E-state index in [-0.39, 0.29) is 5.91 Å². The number of benzene rings is 1. The minimum absolute atomic E-state index is 0.0751. The maximum atomic E-state index is 11.5. The van der Waals surface area contributed by atoms with E-state index in [4.69, 9.17) is 5.73 Å². The van der Waals surface area contributed by atoms with E-state index < -0.39 is 6.04 Å². The zero-order valence-corrected chi connectivity index (χ0v) is 8.82. The Labute approximate surface area is 84.5 Å². The molecule has 1 aromatic rings. The van der Waals surface area contributed by atoms with E-state index in [1.165, 1.54) is 10.5 Å². The summed E-state index contributed by atoms with van der Waals surface area (Å²) in [5.41, 5.74) is 7.82. The summed E-state index contributed by atoms with van der Waals surface area (Å²) in [5, 5.41) is 0. The quantitative estimate of drug-likeness (QED) is 0.762. The predicted octanol–water partition coefficient (Wildman–Crippen LogP) is 1.08. The summed E-state index contributed by atoms with van der Waals surface area (Å²) in [6.45, 7) is 2.00. The SMILES string of the molecule is Cc1ccc([C@@H](N)C(=O)N(C)C)cc1. The van der Waals surface area contributed by atoms with Crippen molar-refractivity contribution in [2.24, 2.45) is 5.73 Å². The van der Waals surface area contributed by atoms with Crippen LogP contribution in [0.15, 0.2) is 24.3 Å². The predicted molar refractivity (Wildman–Crippen MR) is 56.8 cm³/mol. The first-order valence-electron chi connectivity index (χ1n) is 4.55. The summed E-state index contributed by atoms with van der Waals surface area (Å²) >= 11 is 0. The minimum atomic E-state index is -0.550. The molecule has 1 amide bonds. The zero-order chi connectivity index (χ0) is 10.7. The number of carbonyl (C=O) groups is 1. The van der Waals surface area contributed by atoms with Gasteiger partial charge in [-0.2, -0.15) is 0 Å². The summed E-state index contributed by atoms with van der Waals surface area (Å²) in [7, 11) is 3.41. The van der Waals surface area contributed by atoms with Crippen LogP contribution in [-0.4, -0.2) is 24.9 Å². The summed E-state index contributed by atoms with van der Waals surface area (Å²) in [4.78, 5) is 13.0. The number of carbonyl (C=O) groups excluding carboxylic acids is 1. The van der Waals surface area contributed by atoms with Crippen molar-refractivity contribution < 1.29 is 4.79 Å². The average Bonchev–Trinajstić information content (AvgIpc) is 2.16. The van der Waals surface area contributed by atoms with Gasteiger partial charge in [-0.1, -0.05) is 29.8 Å². The molecule has 1 rings (SSSR count). The van der Waals surface area contributed by atoms with Gasteiger partial charge in [0.05, 0.1) is 0 Å². The molecule has 0 aliphatic heterocycles. The first kappa shape index (κ1) is 10.7. The highest BCUT2D eigenvalue weighted by atomic mass is 16.2. The second kappa shape index (κ2) is 4.24. The number of hydrogen-bond donors (Lipinski definition) is 1. The number of amides is 1. The number of aryl methyl sites for hydroxylation is 1. The number of hydrogen-bond acceptors (Lipinski definition) is 2. The number of likely N-dealkylation sites (N-methyl/N-ethyl adjacent to an activating group) is 1. The molecule has 0 aromatic heterocycles. The highest BCUT2D eigenvalue weighted by molar-refractivity contribution is 5.82. The molecule has 0 aliphatic carbocycles. The summed E-state index contributed by atoms with van der Waals surface area (Å²) in [5.74, 6) is -0.0751. The minimum Gasteiger partial charge on any atom is -0.347 e. The van der Waals surface area contributed by atoms with Crippen LogP contribution in [0, 0.1) is 6.92 Å². The Bertz CT molecular complexity index is 317. The maximum Gasteiger partial charge on any atom is 0.243 e. The molecule has 3 nitrogen and oxygen atoms in total. The van der Waals surface area contributed by atoms with Crippen LogP contribution in [0.1, 0.15) is 17.2 Å². The van der Waals surface area contributed by atoms with E-state index in [1.54, 1.807) is 14.1 Å². The molecule has 0 spiro atoms. The van der Waals surface area contributed by atoms with Gasteiger partial charge in [0.25, 0.3) is 0 Å². The normalized spacial score (nSPS) is 12.3. The zero-order valence-electron chi connectivity index (χ0n) is 8.82. The molecule has 0 bridgehead atoms. The Morgan fingerprint density at radius 3 is 2.21 bits per heavy atom. The third kappa shape index (κ3) is 2.33. The van der Waals surface area contributed by atoms with Crippen LogP contribution in [0.3, 0.4) is 0 Å². The van der Waals surface area contributed by atoms with Crippen LogP contribution in [0.5, 0.6) is 0 Å². The summed E-state index contributed by atoms with van der Waals surface area (Å²) in [6.07, 6.45) is 0. The van der Waals surface area contributed by atoms with Crippen LogP contribution in [0.25, 0.3) is 0 Å². The van der Waals surface area contributed by atoms with Gasteiger partial charge < -0.3 is 10.6 Å². The molecular formula is C11H16N2O. The maximum absolute atomic E-state index is 11.5. The Morgan fingerprint density at radius 1 is 1.29 bits per heavy atom. The van der Waals surface area contributed by atoms with Crippen LogP contribution >= 0.6 is 0 Å². The fourth-order valence-corrected chi connectivity index (χ4v) is 1.19. The van der Waals surface area contributed by atoms with Crippen LogP contribution in [-0.2, 0) is 4.79 Å². The Balaban J connectivity index is 2.84. The van der Waals surface area contributed by atoms with Gasteiger partial charge in [-0.15, -0.1) is 0 Å². The van der Waals surface area contributed by atoms with Crippen molar-refractivity contribution in [2.75, 3.05) is 14.1 Å². The fourth-order valence-electron chi connectivity index (χ4n) is 1.19. The van der Waals surface area contributed by atoms with Crippen molar-refractivity contribution in [3.63, 3.8) is 0 Å². The van der Waals surface area contributed by atoms with Crippen molar-refractivity contribution in [2.45, 2.75) is 13.0 Å². The molecule has 0 unspecified atom stereocenters. The lowest BCUT2D eigenvalue weighted by molar-refractivity contribution is -0.130. The van der Waals surface area contributed by atoms with E-state index >= 15 is 0 Å². The Hall–Kier alpha value is -1.35. The molecule has 0 saturated heterocycles. The first-order valence-corrected chi connectivity index (χ1v) is 4.55. The second-order valence-corrected chi connectivity index (χ2v) is 3.62. The largest absolute Gasteiger partial charge is 0.347 e. The average molecular weight is 192 g/mol. The molecule has 1 atom stereocenters. The lowest BCUT2D eigenvalue weighted by atomic mass is 10.1. The Morgan fingerprint density at radius 2 is 1.79 bits per heavy atom. The lowest BCUT2D eigenvalue weighted by Gasteiger charge is -2.16. The van der Waals surface area contributed by atoms with E-state index in [1.807, 2.05) is 31.2 Å². The molecule has 0 radical (unpaired) electrons. The van der Waals surface area contributed by atoms with Gasteiger partial charge in [-0.05, 0) is 12.5 Å².